The van der Waals surface area contributed by atoms with Crippen LogP contribution in [0, 0.1) is 0 Å². The van der Waals surface area contributed by atoms with Crippen LogP contribution in [-0.4, -0.2) is 69.0 Å². The van der Waals surface area contributed by atoms with Crippen molar-refractivity contribution in [2.24, 2.45) is 0 Å². The summed E-state index contributed by atoms with van der Waals surface area (Å²) in [6.45, 7) is 1.35. The second-order valence-electron chi connectivity index (χ2n) is 9.14. The number of carbonyl (C=O) groups excluding carboxylic acids is 4. The molecule has 0 saturated carbocycles. The molecule has 3 aliphatic rings. The van der Waals surface area contributed by atoms with Gasteiger partial charge in [0.15, 0.2) is 0 Å². The van der Waals surface area contributed by atoms with Gasteiger partial charge in [0.1, 0.15) is 18.5 Å². The molecule has 3 aliphatic heterocycles. The van der Waals surface area contributed by atoms with E-state index in [-0.39, 0.29) is 43.6 Å². The van der Waals surface area contributed by atoms with Crippen LogP contribution in [0.1, 0.15) is 41.4 Å². The molecule has 2 saturated heterocycles. The normalized spacial score (nSPS) is 22.4. The maximum Gasteiger partial charge on any atom is 0.433 e. The molecule has 2 unspecified atom stereocenters. The smallest absolute Gasteiger partial charge is 0.376 e. The molecule has 37 heavy (non-hydrogen) atoms. The number of aliphatic hydroxyl groups is 1. The van der Waals surface area contributed by atoms with Crippen LogP contribution < -0.4 is 9.80 Å². The number of likely N-dealkylation sites (tertiary alicyclic amines) is 1. The lowest BCUT2D eigenvalue weighted by atomic mass is 10.0. The van der Waals surface area contributed by atoms with E-state index in [1.807, 2.05) is 0 Å². The molecule has 1 aromatic carbocycles. The van der Waals surface area contributed by atoms with Gasteiger partial charge in [-0.2, -0.15) is 13.2 Å². The lowest BCUT2D eigenvalue weighted by molar-refractivity contribution is -0.156. The summed E-state index contributed by atoms with van der Waals surface area (Å²) in [6.07, 6.45) is -3.40. The summed E-state index contributed by atoms with van der Waals surface area (Å²) in [6, 6.07) is 5.18. The number of pyridine rings is 1. The minimum absolute atomic E-state index is 0.0250. The van der Waals surface area contributed by atoms with Gasteiger partial charge in [-0.05, 0) is 49.2 Å². The maximum absolute atomic E-state index is 13.2. The number of aliphatic hydroxyl groups excluding tert-OH is 1. The summed E-state index contributed by atoms with van der Waals surface area (Å²) in [7, 11) is 0. The highest BCUT2D eigenvalue weighted by atomic mass is 19.4. The van der Waals surface area contributed by atoms with Gasteiger partial charge in [-0.3, -0.25) is 29.1 Å². The van der Waals surface area contributed by atoms with Crippen LogP contribution in [0.25, 0.3) is 0 Å². The van der Waals surface area contributed by atoms with Gasteiger partial charge in [-0.1, -0.05) is 0 Å². The lowest BCUT2D eigenvalue weighted by Gasteiger charge is -2.34. The van der Waals surface area contributed by atoms with Crippen molar-refractivity contribution in [2.75, 3.05) is 23.1 Å². The van der Waals surface area contributed by atoms with Crippen LogP contribution in [0.3, 0.4) is 0 Å². The molecule has 1 aromatic heterocycles. The average molecular weight is 517 g/mol. The Morgan fingerprint density at radius 3 is 2.46 bits per heavy atom. The number of urea groups is 1. The summed E-state index contributed by atoms with van der Waals surface area (Å²) in [4.78, 5) is 59.2. The van der Waals surface area contributed by atoms with E-state index < -0.39 is 42.5 Å². The molecule has 0 radical (unpaired) electrons. The van der Waals surface area contributed by atoms with Crippen LogP contribution in [0.15, 0.2) is 36.5 Å². The number of alkyl halides is 3. The average Bonchev–Trinajstić information content (AvgIpc) is 3.34. The van der Waals surface area contributed by atoms with Crippen molar-refractivity contribution in [1.29, 1.82) is 0 Å². The summed E-state index contributed by atoms with van der Waals surface area (Å²) in [5.74, 6) is -1.51. The van der Waals surface area contributed by atoms with Crippen molar-refractivity contribution in [3.05, 3.63) is 53.3 Å². The number of piperidine rings is 1. The van der Waals surface area contributed by atoms with Gasteiger partial charge in [0.25, 0.3) is 11.8 Å². The van der Waals surface area contributed by atoms with Crippen LogP contribution in [0.4, 0.5) is 29.3 Å². The van der Waals surface area contributed by atoms with E-state index in [2.05, 4.69) is 4.98 Å². The fraction of sp³-hybridized carbons (Fsp3) is 0.375. The third-order valence-electron chi connectivity index (χ3n) is 6.87. The van der Waals surface area contributed by atoms with Gasteiger partial charge < -0.3 is 10.0 Å². The molecule has 5 amide bonds. The first-order chi connectivity index (χ1) is 17.5. The van der Waals surface area contributed by atoms with Gasteiger partial charge in [-0.15, -0.1) is 0 Å². The lowest BCUT2D eigenvalue weighted by Crippen LogP contribution is -2.54. The predicted molar refractivity (Wildman–Crippen MR) is 122 cm³/mol. The number of hydrogen-bond acceptors (Lipinski definition) is 6. The number of hydrogen-bond donors (Lipinski definition) is 1. The number of halogens is 3. The minimum atomic E-state index is -4.59. The molecule has 194 valence electrons. The quantitative estimate of drug-likeness (QED) is 0.623. The molecular formula is C24H22F3N5O5. The Morgan fingerprint density at radius 1 is 1.08 bits per heavy atom. The van der Waals surface area contributed by atoms with Crippen molar-refractivity contribution < 1.29 is 37.5 Å². The van der Waals surface area contributed by atoms with Crippen LogP contribution in [0.2, 0.25) is 0 Å². The van der Waals surface area contributed by atoms with Gasteiger partial charge in [0.05, 0.1) is 17.9 Å². The number of nitrogens with zero attached hydrogens (tertiary/aromatic N) is 5. The van der Waals surface area contributed by atoms with Crippen molar-refractivity contribution in [3.63, 3.8) is 0 Å². The second kappa shape index (κ2) is 8.83. The van der Waals surface area contributed by atoms with E-state index in [4.69, 9.17) is 0 Å². The van der Waals surface area contributed by atoms with Crippen LogP contribution >= 0.6 is 0 Å². The fourth-order valence-corrected chi connectivity index (χ4v) is 5.03. The van der Waals surface area contributed by atoms with Crippen LogP contribution in [-0.2, 0) is 22.3 Å². The largest absolute Gasteiger partial charge is 0.433 e. The van der Waals surface area contributed by atoms with Gasteiger partial charge >= 0.3 is 12.2 Å². The number of benzene rings is 1. The highest BCUT2D eigenvalue weighted by molar-refractivity contribution is 6.08. The molecule has 1 N–H and O–H groups in total. The molecular weight excluding hydrogens is 495 g/mol. The first kappa shape index (κ1) is 24.7. The molecule has 10 nitrogen and oxygen atoms in total. The van der Waals surface area contributed by atoms with E-state index in [0.29, 0.717) is 16.8 Å². The van der Waals surface area contributed by atoms with E-state index in [1.165, 1.54) is 20.8 Å². The molecule has 5 rings (SSSR count). The van der Waals surface area contributed by atoms with Gasteiger partial charge in [-0.25, -0.2) is 9.78 Å². The number of aromatic nitrogens is 1. The topological polar surface area (TPSA) is 114 Å². The highest BCUT2D eigenvalue weighted by Gasteiger charge is 2.43. The number of carbonyl (C=O) groups is 4. The maximum atomic E-state index is 13.2. The minimum Gasteiger partial charge on any atom is -0.376 e. The van der Waals surface area contributed by atoms with E-state index in [1.54, 1.807) is 25.1 Å². The van der Waals surface area contributed by atoms with Gasteiger partial charge in [0, 0.05) is 30.8 Å². The van der Waals surface area contributed by atoms with Crippen molar-refractivity contribution >= 4 is 35.1 Å². The molecule has 2 atom stereocenters. The summed E-state index contributed by atoms with van der Waals surface area (Å²) in [5.41, 5.74) is 0.637. The number of amides is 5. The number of anilines is 2. The number of rotatable bonds is 4. The first-order valence-electron chi connectivity index (χ1n) is 11.5. The molecule has 2 fully saturated rings. The Kier molecular flexibility index (Phi) is 5.89. The predicted octanol–water partition coefficient (Wildman–Crippen LogP) is 2.36. The number of imide groups is 1. The standard InChI is InChI=1S/C24H22F3N5O5/c1-13-10-29(23(37)32(13)16-3-6-19(28-9-16)24(25,26)27)15-2-4-17-14(8-15)11-30(21(17)35)18-5-7-20(34)31(12-33)22(18)36/h2-4,6,8-9,13,18,33H,5,7,10-12H2,1H3. The second-order valence-corrected chi connectivity index (χ2v) is 9.14. The zero-order valence-corrected chi connectivity index (χ0v) is 19.6. The zero-order chi connectivity index (χ0) is 26.6. The van der Waals surface area contributed by atoms with Crippen LogP contribution in [0.5, 0.6) is 0 Å². The Hall–Kier alpha value is -4.00. The van der Waals surface area contributed by atoms with Crippen molar-refractivity contribution in [2.45, 2.75) is 44.6 Å². The summed E-state index contributed by atoms with van der Waals surface area (Å²) >= 11 is 0. The Morgan fingerprint density at radius 2 is 1.81 bits per heavy atom. The first-order valence-corrected chi connectivity index (χ1v) is 11.5. The Bertz CT molecular complexity index is 1300. The highest BCUT2D eigenvalue weighted by Crippen LogP contribution is 2.35. The van der Waals surface area contributed by atoms with Crippen molar-refractivity contribution in [3.8, 4) is 0 Å². The number of fused-ring (bicyclic) bond motifs is 1. The van der Waals surface area contributed by atoms with E-state index in [0.717, 1.165) is 17.2 Å². The monoisotopic (exact) mass is 517 g/mol. The van der Waals surface area contributed by atoms with Crippen molar-refractivity contribution in [1.82, 2.24) is 14.8 Å². The molecule has 2 aromatic rings. The Balaban J connectivity index is 1.36. The summed E-state index contributed by atoms with van der Waals surface area (Å²) in [5, 5.41) is 9.37. The molecule has 4 heterocycles. The van der Waals surface area contributed by atoms with Gasteiger partial charge in [0.2, 0.25) is 5.91 Å². The third kappa shape index (κ3) is 4.08. The fourth-order valence-electron chi connectivity index (χ4n) is 5.03. The molecule has 0 aliphatic carbocycles. The van der Waals surface area contributed by atoms with E-state index >= 15 is 0 Å². The zero-order valence-electron chi connectivity index (χ0n) is 19.6. The molecule has 0 bridgehead atoms. The Labute approximate surface area is 208 Å². The molecule has 13 heteroatoms. The molecule has 0 spiro atoms. The summed E-state index contributed by atoms with van der Waals surface area (Å²) < 4.78 is 38.6. The SMILES string of the molecule is CC1CN(c2ccc3c(c2)CN(C2CCC(=O)N(CO)C2=O)C3=O)C(=O)N1c1ccc(C(F)(F)F)nc1. The van der Waals surface area contributed by atoms with E-state index in [9.17, 15) is 37.5 Å². The third-order valence-corrected chi connectivity index (χ3v) is 6.87.